The van der Waals surface area contributed by atoms with Crippen molar-refractivity contribution in [3.63, 3.8) is 0 Å². The Kier molecular flexibility index (Phi) is 7.36. The predicted molar refractivity (Wildman–Crippen MR) is 220 cm³/mol. The number of hydrogen-bond acceptors (Lipinski definition) is 2. The second kappa shape index (κ2) is 12.7. The molecule has 0 spiro atoms. The van der Waals surface area contributed by atoms with Crippen molar-refractivity contribution in [3.8, 4) is 61.6 Å². The second-order valence-electron chi connectivity index (χ2n) is 13.6. The van der Waals surface area contributed by atoms with Gasteiger partial charge in [0, 0.05) is 22.0 Å². The van der Waals surface area contributed by atoms with E-state index in [0.29, 0.717) is 5.89 Å². The van der Waals surface area contributed by atoms with Gasteiger partial charge in [-0.05, 0) is 112 Å². The van der Waals surface area contributed by atoms with Gasteiger partial charge in [-0.2, -0.15) is 0 Å². The molecule has 0 fully saturated rings. The van der Waals surface area contributed by atoms with Crippen LogP contribution in [0.2, 0.25) is 0 Å². The molecule has 0 amide bonds. The van der Waals surface area contributed by atoms with Crippen molar-refractivity contribution in [3.05, 3.63) is 194 Å². The molecule has 3 nitrogen and oxygen atoms in total. The molecule has 53 heavy (non-hydrogen) atoms. The van der Waals surface area contributed by atoms with E-state index in [4.69, 9.17) is 9.40 Å². The molecule has 0 saturated carbocycles. The molecule has 0 aliphatic rings. The number of fused-ring (bicyclic) bond motifs is 4. The number of aromatic nitrogens is 2. The van der Waals surface area contributed by atoms with Gasteiger partial charge in [-0.15, -0.1) is 0 Å². The molecule has 3 heteroatoms. The fraction of sp³-hybridized carbons (Fsp3) is 0.0200. The zero-order valence-corrected chi connectivity index (χ0v) is 29.2. The Balaban J connectivity index is 1.02. The van der Waals surface area contributed by atoms with Gasteiger partial charge < -0.3 is 8.98 Å². The van der Waals surface area contributed by atoms with Crippen LogP contribution in [0.5, 0.6) is 0 Å². The van der Waals surface area contributed by atoms with E-state index in [1.165, 1.54) is 60.8 Å². The van der Waals surface area contributed by atoms with E-state index in [1.54, 1.807) is 0 Å². The molecule has 0 N–H and O–H groups in total. The van der Waals surface area contributed by atoms with E-state index in [-0.39, 0.29) is 0 Å². The summed E-state index contributed by atoms with van der Waals surface area (Å²) in [7, 11) is 0. The third kappa shape index (κ3) is 5.33. The van der Waals surface area contributed by atoms with Crippen molar-refractivity contribution in [1.29, 1.82) is 0 Å². The Morgan fingerprint density at radius 2 is 0.962 bits per heavy atom. The molecule has 2 heterocycles. The van der Waals surface area contributed by atoms with Gasteiger partial charge in [-0.25, -0.2) is 4.98 Å². The number of benzene rings is 8. The molecule has 0 radical (unpaired) electrons. The average Bonchev–Trinajstić information content (AvgIpc) is 3.80. The van der Waals surface area contributed by atoms with Gasteiger partial charge in [0.25, 0.3) is 0 Å². The van der Waals surface area contributed by atoms with Crippen LogP contribution in [-0.4, -0.2) is 9.55 Å². The van der Waals surface area contributed by atoms with Crippen LogP contribution >= 0.6 is 0 Å². The molecule has 0 bridgehead atoms. The first-order valence-electron chi connectivity index (χ1n) is 18.0. The van der Waals surface area contributed by atoms with Gasteiger partial charge >= 0.3 is 0 Å². The highest BCUT2D eigenvalue weighted by Crippen LogP contribution is 2.41. The summed E-state index contributed by atoms with van der Waals surface area (Å²) in [5, 5.41) is 2.49. The lowest BCUT2D eigenvalue weighted by Crippen LogP contribution is -1.93. The van der Waals surface area contributed by atoms with E-state index in [9.17, 15) is 0 Å². The minimum absolute atomic E-state index is 0.621. The summed E-state index contributed by atoms with van der Waals surface area (Å²) < 4.78 is 8.61. The van der Waals surface area contributed by atoms with E-state index in [1.807, 2.05) is 6.07 Å². The lowest BCUT2D eigenvalue weighted by Gasteiger charge is -2.15. The summed E-state index contributed by atoms with van der Waals surface area (Å²) >= 11 is 0. The minimum Gasteiger partial charge on any atom is -0.436 e. The van der Waals surface area contributed by atoms with Crippen molar-refractivity contribution < 1.29 is 4.42 Å². The summed E-state index contributed by atoms with van der Waals surface area (Å²) in [4.78, 5) is 4.90. The van der Waals surface area contributed by atoms with Gasteiger partial charge in [0.05, 0.1) is 11.0 Å². The Bertz CT molecular complexity index is 2950. The Morgan fingerprint density at radius 3 is 1.72 bits per heavy atom. The summed E-state index contributed by atoms with van der Waals surface area (Å²) in [6.07, 6.45) is 0. The molecule has 250 valence electrons. The fourth-order valence-electron chi connectivity index (χ4n) is 7.84. The van der Waals surface area contributed by atoms with Crippen LogP contribution in [0.15, 0.2) is 192 Å². The number of para-hydroxylation sites is 2. The van der Waals surface area contributed by atoms with Crippen molar-refractivity contribution >= 4 is 32.9 Å². The standard InChI is InChI=1S/C50H34N2O/c1-33-13-5-6-16-39(33)37-28-30-49-46(32-37)51-50(53-49)35-25-23-34(24-26-35)40-17-7-9-19-42(40)43-20-10-8-18-41(43)36-27-29-48-45(31-36)44-21-11-12-22-47(44)52(48)38-14-3-2-4-15-38/h2-32H,1H3. The molecule has 0 saturated heterocycles. The lowest BCUT2D eigenvalue weighted by atomic mass is 9.89. The molecule has 10 aromatic rings. The van der Waals surface area contributed by atoms with Crippen LogP contribution in [0.4, 0.5) is 0 Å². The normalized spacial score (nSPS) is 11.5. The lowest BCUT2D eigenvalue weighted by molar-refractivity contribution is 0.620. The van der Waals surface area contributed by atoms with Crippen LogP contribution in [0, 0.1) is 6.92 Å². The van der Waals surface area contributed by atoms with E-state index in [0.717, 1.165) is 33.5 Å². The zero-order chi connectivity index (χ0) is 35.3. The Labute approximate surface area is 308 Å². The number of aryl methyl sites for hydroxylation is 1. The van der Waals surface area contributed by atoms with Gasteiger partial charge in [0.15, 0.2) is 5.58 Å². The fourth-order valence-corrected chi connectivity index (χ4v) is 7.84. The maximum Gasteiger partial charge on any atom is 0.227 e. The summed E-state index contributed by atoms with van der Waals surface area (Å²) in [6, 6.07) is 66.9. The number of oxazole rings is 1. The first-order chi connectivity index (χ1) is 26.2. The molecule has 0 aliphatic heterocycles. The monoisotopic (exact) mass is 678 g/mol. The third-order valence-electron chi connectivity index (χ3n) is 10.4. The van der Waals surface area contributed by atoms with Crippen LogP contribution < -0.4 is 0 Å². The molecule has 0 aliphatic carbocycles. The van der Waals surface area contributed by atoms with Crippen molar-refractivity contribution in [2.75, 3.05) is 0 Å². The van der Waals surface area contributed by atoms with Crippen LogP contribution in [0.1, 0.15) is 5.56 Å². The summed E-state index contributed by atoms with van der Waals surface area (Å²) in [5.74, 6) is 0.621. The minimum atomic E-state index is 0.621. The zero-order valence-electron chi connectivity index (χ0n) is 29.2. The van der Waals surface area contributed by atoms with Crippen LogP contribution in [-0.2, 0) is 0 Å². The molecule has 0 atom stereocenters. The SMILES string of the molecule is Cc1ccccc1-c1ccc2oc(-c3ccc(-c4ccccc4-c4ccccc4-c4ccc5c(c4)c4ccccc4n5-c4ccccc4)cc3)nc2c1. The molecule has 8 aromatic carbocycles. The average molecular weight is 679 g/mol. The van der Waals surface area contributed by atoms with Gasteiger partial charge in [-0.1, -0.05) is 133 Å². The maximum absolute atomic E-state index is 6.25. The van der Waals surface area contributed by atoms with Gasteiger partial charge in [0.2, 0.25) is 5.89 Å². The first-order valence-corrected chi connectivity index (χ1v) is 18.0. The Hall–Kier alpha value is -6.97. The first kappa shape index (κ1) is 30.8. The largest absolute Gasteiger partial charge is 0.436 e. The smallest absolute Gasteiger partial charge is 0.227 e. The molecular formula is C50H34N2O. The molecule has 0 unspecified atom stereocenters. The number of rotatable bonds is 6. The predicted octanol–water partition coefficient (Wildman–Crippen LogP) is 13.6. The molecule has 10 rings (SSSR count). The maximum atomic E-state index is 6.25. The molecular weight excluding hydrogens is 645 g/mol. The highest BCUT2D eigenvalue weighted by Gasteiger charge is 2.17. The van der Waals surface area contributed by atoms with Crippen molar-refractivity contribution in [1.82, 2.24) is 9.55 Å². The number of hydrogen-bond donors (Lipinski definition) is 0. The van der Waals surface area contributed by atoms with Crippen molar-refractivity contribution in [2.45, 2.75) is 6.92 Å². The summed E-state index contributed by atoms with van der Waals surface area (Å²) in [6.45, 7) is 2.14. The molecule has 2 aromatic heterocycles. The van der Waals surface area contributed by atoms with Gasteiger partial charge in [-0.3, -0.25) is 0 Å². The highest BCUT2D eigenvalue weighted by atomic mass is 16.3. The van der Waals surface area contributed by atoms with Crippen LogP contribution in [0.25, 0.3) is 94.6 Å². The van der Waals surface area contributed by atoms with Crippen molar-refractivity contribution in [2.24, 2.45) is 0 Å². The second-order valence-corrected chi connectivity index (χ2v) is 13.6. The topological polar surface area (TPSA) is 31.0 Å². The van der Waals surface area contributed by atoms with Crippen LogP contribution in [0.3, 0.4) is 0 Å². The highest BCUT2D eigenvalue weighted by molar-refractivity contribution is 6.11. The Morgan fingerprint density at radius 1 is 0.415 bits per heavy atom. The third-order valence-corrected chi connectivity index (χ3v) is 10.4. The van der Waals surface area contributed by atoms with Gasteiger partial charge in [0.1, 0.15) is 5.52 Å². The van der Waals surface area contributed by atoms with E-state index >= 15 is 0 Å². The number of nitrogens with zero attached hydrogens (tertiary/aromatic N) is 2. The van der Waals surface area contributed by atoms with E-state index < -0.39 is 0 Å². The van der Waals surface area contributed by atoms with E-state index in [2.05, 4.69) is 193 Å². The summed E-state index contributed by atoms with van der Waals surface area (Å²) in [5.41, 5.74) is 16.8. The quantitative estimate of drug-likeness (QED) is 0.175.